The summed E-state index contributed by atoms with van der Waals surface area (Å²) in [6, 6.07) is 14.5. The largest absolute Gasteiger partial charge is 0.508 e. The van der Waals surface area contributed by atoms with Gasteiger partial charge in [0.2, 0.25) is 0 Å². The molecule has 1 aliphatic rings. The Kier molecular flexibility index (Phi) is 2.83. The van der Waals surface area contributed by atoms with Gasteiger partial charge in [-0.15, -0.1) is 0 Å². The molecule has 0 fully saturated rings. The van der Waals surface area contributed by atoms with E-state index in [4.69, 9.17) is 0 Å². The van der Waals surface area contributed by atoms with E-state index in [-0.39, 0.29) is 0 Å². The summed E-state index contributed by atoms with van der Waals surface area (Å²) in [5.74, 6) is 0.789. The molecule has 18 heavy (non-hydrogen) atoms. The van der Waals surface area contributed by atoms with E-state index in [9.17, 15) is 5.11 Å². The van der Waals surface area contributed by atoms with Crippen molar-refractivity contribution in [3.05, 3.63) is 64.7 Å². The maximum absolute atomic E-state index is 10.1. The number of benzene rings is 2. The third kappa shape index (κ3) is 1.90. The van der Waals surface area contributed by atoms with Crippen molar-refractivity contribution >= 4 is 0 Å². The van der Waals surface area contributed by atoms with E-state index in [1.165, 1.54) is 29.5 Å². The second-order valence-electron chi connectivity index (χ2n) is 5.21. The molecule has 1 atom stereocenters. The van der Waals surface area contributed by atoms with Crippen molar-refractivity contribution in [3.63, 3.8) is 0 Å². The fourth-order valence-electron chi connectivity index (χ4n) is 3.03. The first-order chi connectivity index (χ1) is 8.75. The van der Waals surface area contributed by atoms with Gasteiger partial charge in [-0.3, -0.25) is 0 Å². The van der Waals surface area contributed by atoms with E-state index in [1.54, 1.807) is 0 Å². The first kappa shape index (κ1) is 11.3. The third-order valence-electron chi connectivity index (χ3n) is 3.93. The summed E-state index contributed by atoms with van der Waals surface area (Å²) in [4.78, 5) is 0. The summed E-state index contributed by atoms with van der Waals surface area (Å²) in [7, 11) is 0. The van der Waals surface area contributed by atoms with Crippen molar-refractivity contribution in [1.29, 1.82) is 0 Å². The summed E-state index contributed by atoms with van der Waals surface area (Å²) >= 11 is 0. The highest BCUT2D eigenvalue weighted by molar-refractivity contribution is 5.46. The molecular weight excluding hydrogens is 220 g/mol. The van der Waals surface area contributed by atoms with Crippen LogP contribution in [0.4, 0.5) is 0 Å². The SMILES string of the molecule is Cc1ccc(O)c(C2CCCc3ccccc32)c1. The number of hydrogen-bond donors (Lipinski definition) is 1. The number of aryl methyl sites for hydroxylation is 2. The van der Waals surface area contributed by atoms with Gasteiger partial charge >= 0.3 is 0 Å². The number of hydrogen-bond acceptors (Lipinski definition) is 1. The minimum atomic E-state index is 0.356. The summed E-state index contributed by atoms with van der Waals surface area (Å²) < 4.78 is 0. The number of aromatic hydroxyl groups is 1. The molecular formula is C17H18O. The van der Waals surface area contributed by atoms with Crippen LogP contribution in [-0.2, 0) is 6.42 Å². The molecule has 0 radical (unpaired) electrons. The molecule has 1 unspecified atom stereocenters. The summed E-state index contributed by atoms with van der Waals surface area (Å²) in [5.41, 5.74) is 5.13. The Labute approximate surface area is 108 Å². The predicted molar refractivity (Wildman–Crippen MR) is 74.1 cm³/mol. The van der Waals surface area contributed by atoms with Crippen LogP contribution in [0.3, 0.4) is 0 Å². The van der Waals surface area contributed by atoms with E-state index in [2.05, 4.69) is 37.3 Å². The number of fused-ring (bicyclic) bond motifs is 1. The topological polar surface area (TPSA) is 20.2 Å². The van der Waals surface area contributed by atoms with E-state index in [1.807, 2.05) is 12.1 Å². The molecule has 1 N–H and O–H groups in total. The molecule has 1 aliphatic carbocycles. The van der Waals surface area contributed by atoms with Gasteiger partial charge in [-0.25, -0.2) is 0 Å². The zero-order chi connectivity index (χ0) is 12.5. The van der Waals surface area contributed by atoms with Crippen molar-refractivity contribution in [3.8, 4) is 5.75 Å². The lowest BCUT2D eigenvalue weighted by Gasteiger charge is -2.26. The Morgan fingerprint density at radius 1 is 1.06 bits per heavy atom. The number of phenolic OH excluding ortho intramolecular Hbond substituents is 1. The van der Waals surface area contributed by atoms with Gasteiger partial charge in [0.15, 0.2) is 0 Å². The zero-order valence-electron chi connectivity index (χ0n) is 10.7. The molecule has 3 rings (SSSR count). The first-order valence-corrected chi connectivity index (χ1v) is 6.63. The Bertz CT molecular complexity index is 572. The predicted octanol–water partition coefficient (Wildman–Crippen LogP) is 4.17. The average Bonchev–Trinajstić information content (AvgIpc) is 2.41. The lowest BCUT2D eigenvalue weighted by molar-refractivity contribution is 0.459. The second kappa shape index (κ2) is 4.49. The number of phenols is 1. The Morgan fingerprint density at radius 3 is 2.78 bits per heavy atom. The van der Waals surface area contributed by atoms with Crippen LogP contribution < -0.4 is 0 Å². The van der Waals surface area contributed by atoms with E-state index in [0.29, 0.717) is 11.7 Å². The van der Waals surface area contributed by atoms with Gasteiger partial charge in [-0.05, 0) is 43.4 Å². The molecule has 0 aliphatic heterocycles. The highest BCUT2D eigenvalue weighted by Gasteiger charge is 2.23. The average molecular weight is 238 g/mol. The maximum atomic E-state index is 10.1. The van der Waals surface area contributed by atoms with Gasteiger partial charge < -0.3 is 5.11 Å². The van der Waals surface area contributed by atoms with Gasteiger partial charge in [-0.1, -0.05) is 42.0 Å². The fourth-order valence-corrected chi connectivity index (χ4v) is 3.03. The van der Waals surface area contributed by atoms with Crippen LogP contribution in [0.25, 0.3) is 0 Å². The normalized spacial score (nSPS) is 18.4. The lowest BCUT2D eigenvalue weighted by Crippen LogP contribution is -2.11. The van der Waals surface area contributed by atoms with Gasteiger partial charge in [0.1, 0.15) is 5.75 Å². The van der Waals surface area contributed by atoms with Crippen molar-refractivity contribution in [1.82, 2.24) is 0 Å². The standard InChI is InChI=1S/C17H18O/c1-12-9-10-17(18)16(11-12)15-8-4-6-13-5-2-3-7-14(13)15/h2-3,5,7,9-11,15,18H,4,6,8H2,1H3. The van der Waals surface area contributed by atoms with Gasteiger partial charge in [0.05, 0.1) is 0 Å². The number of rotatable bonds is 1. The summed E-state index contributed by atoms with van der Waals surface area (Å²) in [6.45, 7) is 2.08. The van der Waals surface area contributed by atoms with Crippen LogP contribution in [0.5, 0.6) is 5.75 Å². The second-order valence-corrected chi connectivity index (χ2v) is 5.21. The minimum absolute atomic E-state index is 0.356. The van der Waals surface area contributed by atoms with Crippen LogP contribution in [0, 0.1) is 6.92 Å². The van der Waals surface area contributed by atoms with E-state index in [0.717, 1.165) is 12.0 Å². The van der Waals surface area contributed by atoms with E-state index >= 15 is 0 Å². The van der Waals surface area contributed by atoms with E-state index < -0.39 is 0 Å². The molecule has 92 valence electrons. The molecule has 0 aromatic heterocycles. The Balaban J connectivity index is 2.11. The van der Waals surface area contributed by atoms with Gasteiger partial charge in [0, 0.05) is 11.5 Å². The van der Waals surface area contributed by atoms with Crippen LogP contribution in [-0.4, -0.2) is 5.11 Å². The molecule has 0 saturated heterocycles. The molecule has 0 saturated carbocycles. The molecule has 0 heterocycles. The lowest BCUT2D eigenvalue weighted by atomic mass is 9.78. The van der Waals surface area contributed by atoms with Crippen LogP contribution >= 0.6 is 0 Å². The molecule has 0 bridgehead atoms. The van der Waals surface area contributed by atoms with Crippen LogP contribution in [0.15, 0.2) is 42.5 Å². The highest BCUT2D eigenvalue weighted by Crippen LogP contribution is 2.40. The first-order valence-electron chi connectivity index (χ1n) is 6.63. The fraction of sp³-hybridized carbons (Fsp3) is 0.294. The molecule has 0 amide bonds. The maximum Gasteiger partial charge on any atom is 0.119 e. The smallest absolute Gasteiger partial charge is 0.119 e. The Morgan fingerprint density at radius 2 is 1.89 bits per heavy atom. The monoisotopic (exact) mass is 238 g/mol. The Hall–Kier alpha value is -1.76. The highest BCUT2D eigenvalue weighted by atomic mass is 16.3. The van der Waals surface area contributed by atoms with Crippen molar-refractivity contribution in [2.45, 2.75) is 32.1 Å². The molecule has 1 nitrogen and oxygen atoms in total. The van der Waals surface area contributed by atoms with Crippen LogP contribution in [0.1, 0.15) is 41.0 Å². The third-order valence-corrected chi connectivity index (χ3v) is 3.93. The molecule has 1 heteroatoms. The van der Waals surface area contributed by atoms with Gasteiger partial charge in [0.25, 0.3) is 0 Å². The zero-order valence-corrected chi connectivity index (χ0v) is 10.7. The van der Waals surface area contributed by atoms with Crippen molar-refractivity contribution < 1.29 is 5.11 Å². The summed E-state index contributed by atoms with van der Waals surface area (Å²) in [5, 5.41) is 10.1. The summed E-state index contributed by atoms with van der Waals surface area (Å²) in [6.07, 6.45) is 3.50. The van der Waals surface area contributed by atoms with Crippen LogP contribution in [0.2, 0.25) is 0 Å². The van der Waals surface area contributed by atoms with Gasteiger partial charge in [-0.2, -0.15) is 0 Å². The molecule has 0 spiro atoms. The van der Waals surface area contributed by atoms with Crippen molar-refractivity contribution in [2.24, 2.45) is 0 Å². The minimum Gasteiger partial charge on any atom is -0.508 e. The quantitative estimate of drug-likeness (QED) is 0.790. The molecule has 2 aromatic rings. The van der Waals surface area contributed by atoms with Crippen molar-refractivity contribution in [2.75, 3.05) is 0 Å². The molecule has 2 aromatic carbocycles.